The van der Waals surface area contributed by atoms with E-state index in [4.69, 9.17) is 4.74 Å². The highest BCUT2D eigenvalue weighted by molar-refractivity contribution is 5.23. The number of nitrogens with one attached hydrogen (secondary N) is 1. The first kappa shape index (κ1) is 15.0. The lowest BCUT2D eigenvalue weighted by Crippen LogP contribution is -2.24. The number of ether oxygens (including phenoxy) is 1. The summed E-state index contributed by atoms with van der Waals surface area (Å²) in [6.07, 6.45) is 6.91. The molecule has 0 aliphatic heterocycles. The smallest absolute Gasteiger partial charge is 0.258 e. The van der Waals surface area contributed by atoms with Crippen LogP contribution in [0.15, 0.2) is 4.79 Å². The van der Waals surface area contributed by atoms with Crippen LogP contribution in [0, 0.1) is 5.92 Å². The fraction of sp³-hybridized carbons (Fsp3) is 0.733. The molecular formula is C15H24N2O3. The number of methoxy groups -OCH3 is 1. The molecule has 1 aromatic rings. The summed E-state index contributed by atoms with van der Waals surface area (Å²) in [6, 6.07) is 0. The maximum atomic E-state index is 12.0. The second kappa shape index (κ2) is 6.88. The molecule has 5 heteroatoms. The topological polar surface area (TPSA) is 75.2 Å². The second-order valence-corrected chi connectivity index (χ2v) is 5.56. The Bertz CT molecular complexity index is 492. The molecule has 0 aromatic carbocycles. The summed E-state index contributed by atoms with van der Waals surface area (Å²) in [5.74, 6) is 0.679. The Hall–Kier alpha value is -1.36. The first-order valence-corrected chi connectivity index (χ1v) is 7.52. The van der Waals surface area contributed by atoms with E-state index in [0.717, 1.165) is 19.3 Å². The summed E-state index contributed by atoms with van der Waals surface area (Å²) in [5.41, 5.74) is 0.127. The van der Waals surface area contributed by atoms with E-state index < -0.39 is 0 Å². The van der Waals surface area contributed by atoms with Gasteiger partial charge in [-0.25, -0.2) is 0 Å². The predicted octanol–water partition coefficient (Wildman–Crippen LogP) is 2.70. The van der Waals surface area contributed by atoms with Crippen LogP contribution in [0.2, 0.25) is 0 Å². The molecule has 1 saturated carbocycles. The minimum absolute atomic E-state index is 0.150. The Morgan fingerprint density at radius 3 is 2.65 bits per heavy atom. The highest BCUT2D eigenvalue weighted by Crippen LogP contribution is 2.35. The molecule has 20 heavy (non-hydrogen) atoms. The minimum atomic E-state index is -0.243. The molecule has 1 heterocycles. The summed E-state index contributed by atoms with van der Waals surface area (Å²) in [7, 11) is 1.64. The molecule has 1 aliphatic carbocycles. The molecule has 2 N–H and O–H groups in total. The predicted molar refractivity (Wildman–Crippen MR) is 76.8 cm³/mol. The van der Waals surface area contributed by atoms with Crippen molar-refractivity contribution in [3.8, 4) is 5.88 Å². The number of hydrogen-bond acceptors (Lipinski definition) is 4. The largest absolute Gasteiger partial charge is 0.493 e. The Kier molecular flexibility index (Phi) is 5.17. The molecule has 112 valence electrons. The Morgan fingerprint density at radius 1 is 1.40 bits per heavy atom. The molecule has 0 radical (unpaired) electrons. The second-order valence-electron chi connectivity index (χ2n) is 5.56. The number of H-pyrrole nitrogens is 1. The summed E-state index contributed by atoms with van der Waals surface area (Å²) in [5, 5.41) is 9.96. The van der Waals surface area contributed by atoms with Crippen molar-refractivity contribution in [3.63, 3.8) is 0 Å². The van der Waals surface area contributed by atoms with Gasteiger partial charge in [-0.15, -0.1) is 0 Å². The summed E-state index contributed by atoms with van der Waals surface area (Å²) < 4.78 is 5.54. The average Bonchev–Trinajstić information content (AvgIpc) is 2.45. The quantitative estimate of drug-likeness (QED) is 0.869. The summed E-state index contributed by atoms with van der Waals surface area (Å²) >= 11 is 0. The van der Waals surface area contributed by atoms with Crippen molar-refractivity contribution in [3.05, 3.63) is 21.7 Å². The van der Waals surface area contributed by atoms with Crippen LogP contribution < -0.4 is 5.56 Å². The highest BCUT2D eigenvalue weighted by Gasteiger charge is 2.27. The van der Waals surface area contributed by atoms with Crippen LogP contribution >= 0.6 is 0 Å². The van der Waals surface area contributed by atoms with Crippen molar-refractivity contribution >= 4 is 0 Å². The van der Waals surface area contributed by atoms with Crippen molar-refractivity contribution < 1.29 is 9.84 Å². The van der Waals surface area contributed by atoms with Crippen LogP contribution in [-0.4, -0.2) is 22.2 Å². The van der Waals surface area contributed by atoms with Crippen LogP contribution in [0.4, 0.5) is 0 Å². The third-order valence-electron chi connectivity index (χ3n) is 4.11. The molecule has 1 aliphatic rings. The zero-order valence-electron chi connectivity index (χ0n) is 12.3. The molecule has 2 rings (SSSR count). The van der Waals surface area contributed by atoms with Gasteiger partial charge in [0.2, 0.25) is 5.88 Å². The molecule has 0 saturated heterocycles. The SMILES string of the molecule is CCCc1c(O)nc(C(OC)C2CCCCC2)[nH]c1=O. The van der Waals surface area contributed by atoms with E-state index in [-0.39, 0.29) is 17.5 Å². The van der Waals surface area contributed by atoms with Crippen LogP contribution in [0.3, 0.4) is 0 Å². The standard InChI is InChI=1S/C15H24N2O3/c1-3-7-11-14(18)16-13(17-15(11)19)12(20-2)10-8-5-4-6-9-10/h10,12H,3-9H2,1-2H3,(H2,16,17,18,19). The Balaban J connectivity index is 2.28. The van der Waals surface area contributed by atoms with Gasteiger partial charge in [-0.3, -0.25) is 4.79 Å². The lowest BCUT2D eigenvalue weighted by atomic mass is 9.85. The molecule has 1 aromatic heterocycles. The van der Waals surface area contributed by atoms with Gasteiger partial charge in [-0.1, -0.05) is 32.6 Å². The van der Waals surface area contributed by atoms with Crippen molar-refractivity contribution in [2.24, 2.45) is 5.92 Å². The van der Waals surface area contributed by atoms with E-state index in [1.807, 2.05) is 6.92 Å². The zero-order valence-corrected chi connectivity index (χ0v) is 12.3. The van der Waals surface area contributed by atoms with Crippen molar-refractivity contribution in [2.45, 2.75) is 58.0 Å². The molecule has 0 amide bonds. The minimum Gasteiger partial charge on any atom is -0.493 e. The lowest BCUT2D eigenvalue weighted by Gasteiger charge is -2.28. The Labute approximate surface area is 119 Å². The number of aromatic hydroxyl groups is 1. The zero-order chi connectivity index (χ0) is 14.5. The van der Waals surface area contributed by atoms with Gasteiger partial charge in [0.15, 0.2) is 0 Å². The van der Waals surface area contributed by atoms with E-state index in [1.54, 1.807) is 7.11 Å². The molecule has 5 nitrogen and oxygen atoms in total. The molecule has 0 bridgehead atoms. The number of rotatable bonds is 5. The normalized spacial score (nSPS) is 18.1. The van der Waals surface area contributed by atoms with Crippen LogP contribution in [0.25, 0.3) is 0 Å². The van der Waals surface area contributed by atoms with Crippen molar-refractivity contribution in [1.29, 1.82) is 0 Å². The maximum absolute atomic E-state index is 12.0. The van der Waals surface area contributed by atoms with Gasteiger partial charge in [0.05, 0.1) is 5.56 Å². The van der Waals surface area contributed by atoms with Gasteiger partial charge < -0.3 is 14.8 Å². The molecule has 1 atom stereocenters. The van der Waals surface area contributed by atoms with Gasteiger partial charge in [0.1, 0.15) is 11.9 Å². The highest BCUT2D eigenvalue weighted by atomic mass is 16.5. The fourth-order valence-corrected chi connectivity index (χ4v) is 3.08. The Morgan fingerprint density at radius 2 is 2.10 bits per heavy atom. The van der Waals surface area contributed by atoms with E-state index in [9.17, 15) is 9.90 Å². The van der Waals surface area contributed by atoms with Crippen molar-refractivity contribution in [1.82, 2.24) is 9.97 Å². The number of aromatic amines is 1. The van der Waals surface area contributed by atoms with Gasteiger partial charge in [-0.05, 0) is 25.2 Å². The first-order valence-electron chi connectivity index (χ1n) is 7.52. The van der Waals surface area contributed by atoms with Gasteiger partial charge in [0, 0.05) is 7.11 Å². The van der Waals surface area contributed by atoms with E-state index in [1.165, 1.54) is 19.3 Å². The number of aromatic nitrogens is 2. The summed E-state index contributed by atoms with van der Waals surface area (Å²) in [6.45, 7) is 1.97. The van der Waals surface area contributed by atoms with E-state index in [2.05, 4.69) is 9.97 Å². The molecule has 0 spiro atoms. The van der Waals surface area contributed by atoms with Gasteiger partial charge in [0.25, 0.3) is 5.56 Å². The average molecular weight is 280 g/mol. The first-order chi connectivity index (χ1) is 9.67. The van der Waals surface area contributed by atoms with E-state index in [0.29, 0.717) is 23.7 Å². The van der Waals surface area contributed by atoms with Crippen LogP contribution in [0.5, 0.6) is 5.88 Å². The summed E-state index contributed by atoms with van der Waals surface area (Å²) in [4.78, 5) is 19.0. The van der Waals surface area contributed by atoms with E-state index >= 15 is 0 Å². The van der Waals surface area contributed by atoms with Gasteiger partial charge >= 0.3 is 0 Å². The van der Waals surface area contributed by atoms with Crippen LogP contribution in [0.1, 0.15) is 62.9 Å². The third-order valence-corrected chi connectivity index (χ3v) is 4.11. The van der Waals surface area contributed by atoms with Gasteiger partial charge in [-0.2, -0.15) is 4.98 Å². The molecule has 1 unspecified atom stereocenters. The lowest BCUT2D eigenvalue weighted by molar-refractivity contribution is 0.0282. The maximum Gasteiger partial charge on any atom is 0.258 e. The molecule has 1 fully saturated rings. The van der Waals surface area contributed by atoms with Crippen LogP contribution in [-0.2, 0) is 11.2 Å². The number of hydrogen-bond donors (Lipinski definition) is 2. The van der Waals surface area contributed by atoms with Crippen molar-refractivity contribution in [2.75, 3.05) is 7.11 Å². The number of nitrogens with zero attached hydrogens (tertiary/aromatic N) is 1. The fourth-order valence-electron chi connectivity index (χ4n) is 3.08. The monoisotopic (exact) mass is 280 g/mol. The third kappa shape index (κ3) is 3.20. The molecular weight excluding hydrogens is 256 g/mol.